The maximum atomic E-state index is 13.4. The van der Waals surface area contributed by atoms with Crippen LogP contribution >= 0.6 is 15.9 Å². The molecule has 2 rings (SSSR count). The molecular weight excluding hydrogens is 281 g/mol. The van der Waals surface area contributed by atoms with Crippen molar-refractivity contribution in [3.8, 4) is 0 Å². The molecule has 17 heavy (non-hydrogen) atoms. The van der Waals surface area contributed by atoms with Crippen molar-refractivity contribution in [2.75, 3.05) is 13.1 Å². The van der Waals surface area contributed by atoms with Crippen molar-refractivity contribution in [1.82, 2.24) is 4.90 Å². The van der Waals surface area contributed by atoms with Crippen molar-refractivity contribution in [2.24, 2.45) is 5.92 Å². The molecule has 1 heterocycles. The lowest BCUT2D eigenvalue weighted by molar-refractivity contribution is 0.174. The van der Waals surface area contributed by atoms with Crippen LogP contribution in [0.3, 0.4) is 0 Å². The molecule has 0 bridgehead atoms. The van der Waals surface area contributed by atoms with Crippen LogP contribution in [0, 0.1) is 11.7 Å². The molecule has 0 spiro atoms. The van der Waals surface area contributed by atoms with E-state index in [1.165, 1.54) is 25.3 Å². The average molecular weight is 300 g/mol. The van der Waals surface area contributed by atoms with Gasteiger partial charge in [0, 0.05) is 6.54 Å². The van der Waals surface area contributed by atoms with Gasteiger partial charge in [-0.25, -0.2) is 4.39 Å². The summed E-state index contributed by atoms with van der Waals surface area (Å²) in [5.74, 6) is 0.730. The van der Waals surface area contributed by atoms with Crippen LogP contribution in [0.2, 0.25) is 0 Å². The van der Waals surface area contributed by atoms with Crippen LogP contribution < -0.4 is 0 Å². The zero-order valence-corrected chi connectivity index (χ0v) is 11.8. The molecular formula is C14H19BrFN. The largest absolute Gasteiger partial charge is 0.299 e. The van der Waals surface area contributed by atoms with Gasteiger partial charge in [-0.2, -0.15) is 0 Å². The van der Waals surface area contributed by atoms with Gasteiger partial charge in [0.2, 0.25) is 0 Å². The summed E-state index contributed by atoms with van der Waals surface area (Å²) in [5, 5.41) is 0. The summed E-state index contributed by atoms with van der Waals surface area (Å²) < 4.78 is 14.0. The summed E-state index contributed by atoms with van der Waals surface area (Å²) in [7, 11) is 0. The Kier molecular flexibility index (Phi) is 4.57. The highest BCUT2D eigenvalue weighted by Crippen LogP contribution is 2.25. The molecule has 0 amide bonds. The Bertz CT molecular complexity index is 372. The average Bonchev–Trinajstić information content (AvgIpc) is 2.36. The van der Waals surface area contributed by atoms with Crippen molar-refractivity contribution in [2.45, 2.75) is 32.7 Å². The van der Waals surface area contributed by atoms with Crippen LogP contribution in [0.1, 0.15) is 31.7 Å². The third-order valence-electron chi connectivity index (χ3n) is 3.71. The summed E-state index contributed by atoms with van der Waals surface area (Å²) in [6, 6.07) is 5.28. The van der Waals surface area contributed by atoms with E-state index in [4.69, 9.17) is 0 Å². The van der Waals surface area contributed by atoms with Crippen LogP contribution in [0.15, 0.2) is 22.7 Å². The zero-order chi connectivity index (χ0) is 12.3. The number of piperidine rings is 1. The van der Waals surface area contributed by atoms with Gasteiger partial charge >= 0.3 is 0 Å². The molecule has 1 aromatic carbocycles. The molecule has 3 heteroatoms. The first-order valence-electron chi connectivity index (χ1n) is 6.36. The van der Waals surface area contributed by atoms with E-state index < -0.39 is 0 Å². The lowest BCUT2D eigenvalue weighted by atomic mass is 9.94. The van der Waals surface area contributed by atoms with E-state index in [1.54, 1.807) is 6.07 Å². The monoisotopic (exact) mass is 299 g/mol. The third kappa shape index (κ3) is 3.29. The van der Waals surface area contributed by atoms with Gasteiger partial charge in [0.1, 0.15) is 5.82 Å². The highest BCUT2D eigenvalue weighted by molar-refractivity contribution is 9.10. The topological polar surface area (TPSA) is 3.24 Å². The summed E-state index contributed by atoms with van der Waals surface area (Å²) in [5.41, 5.74) is 1.06. The van der Waals surface area contributed by atoms with E-state index in [0.29, 0.717) is 4.47 Å². The fourth-order valence-electron chi connectivity index (χ4n) is 2.46. The quantitative estimate of drug-likeness (QED) is 0.808. The SMILES string of the molecule is CCC1CCN(Cc2cccc(F)c2Br)CC1. The Hall–Kier alpha value is -0.410. The van der Waals surface area contributed by atoms with Gasteiger partial charge in [-0.3, -0.25) is 4.90 Å². The molecule has 1 aromatic rings. The van der Waals surface area contributed by atoms with Crippen LogP contribution in [0.4, 0.5) is 4.39 Å². The fraction of sp³-hybridized carbons (Fsp3) is 0.571. The third-order valence-corrected chi connectivity index (χ3v) is 4.60. The number of rotatable bonds is 3. The number of nitrogens with zero attached hydrogens (tertiary/aromatic N) is 1. The Balaban J connectivity index is 1.95. The maximum Gasteiger partial charge on any atom is 0.137 e. The van der Waals surface area contributed by atoms with E-state index in [0.717, 1.165) is 31.1 Å². The molecule has 0 aromatic heterocycles. The minimum Gasteiger partial charge on any atom is -0.299 e. The van der Waals surface area contributed by atoms with Gasteiger partial charge in [0.25, 0.3) is 0 Å². The molecule has 1 saturated heterocycles. The molecule has 0 saturated carbocycles. The van der Waals surface area contributed by atoms with Crippen molar-refractivity contribution in [3.63, 3.8) is 0 Å². The number of hydrogen-bond acceptors (Lipinski definition) is 1. The predicted octanol–water partition coefficient (Wildman–Crippen LogP) is 4.21. The van der Waals surface area contributed by atoms with E-state index in [-0.39, 0.29) is 5.82 Å². The highest BCUT2D eigenvalue weighted by Gasteiger charge is 2.18. The first-order valence-corrected chi connectivity index (χ1v) is 7.15. The summed E-state index contributed by atoms with van der Waals surface area (Å²) in [4.78, 5) is 2.42. The first-order chi connectivity index (χ1) is 8.20. The number of hydrogen-bond donors (Lipinski definition) is 0. The zero-order valence-electron chi connectivity index (χ0n) is 10.3. The summed E-state index contributed by atoms with van der Waals surface area (Å²) in [6.07, 6.45) is 3.85. The summed E-state index contributed by atoms with van der Waals surface area (Å²) >= 11 is 3.33. The van der Waals surface area contributed by atoms with Crippen LogP contribution in [-0.2, 0) is 6.54 Å². The van der Waals surface area contributed by atoms with Gasteiger partial charge < -0.3 is 0 Å². The first kappa shape index (κ1) is 13.0. The molecule has 1 fully saturated rings. The highest BCUT2D eigenvalue weighted by atomic mass is 79.9. The second-order valence-corrected chi connectivity index (χ2v) is 5.63. The Morgan fingerprint density at radius 1 is 1.35 bits per heavy atom. The molecule has 0 radical (unpaired) electrons. The van der Waals surface area contributed by atoms with Gasteiger partial charge in [-0.05, 0) is 59.4 Å². The Morgan fingerprint density at radius 2 is 2.06 bits per heavy atom. The minimum absolute atomic E-state index is 0.161. The van der Waals surface area contributed by atoms with Crippen LogP contribution in [0.5, 0.6) is 0 Å². The predicted molar refractivity (Wildman–Crippen MR) is 72.4 cm³/mol. The van der Waals surface area contributed by atoms with E-state index in [2.05, 4.69) is 27.8 Å². The number of benzene rings is 1. The van der Waals surface area contributed by atoms with Gasteiger partial charge in [0.15, 0.2) is 0 Å². The van der Waals surface area contributed by atoms with Crippen molar-refractivity contribution >= 4 is 15.9 Å². The van der Waals surface area contributed by atoms with Crippen LogP contribution in [-0.4, -0.2) is 18.0 Å². The molecule has 0 atom stereocenters. The van der Waals surface area contributed by atoms with E-state index >= 15 is 0 Å². The number of halogens is 2. The molecule has 1 aliphatic heterocycles. The van der Waals surface area contributed by atoms with Crippen molar-refractivity contribution < 1.29 is 4.39 Å². The number of likely N-dealkylation sites (tertiary alicyclic amines) is 1. The molecule has 0 unspecified atom stereocenters. The molecule has 0 aliphatic carbocycles. The van der Waals surface area contributed by atoms with Crippen molar-refractivity contribution in [1.29, 1.82) is 0 Å². The Labute approximate surface area is 111 Å². The molecule has 1 aliphatic rings. The van der Waals surface area contributed by atoms with Gasteiger partial charge in [-0.1, -0.05) is 25.5 Å². The Morgan fingerprint density at radius 3 is 2.71 bits per heavy atom. The van der Waals surface area contributed by atoms with Gasteiger partial charge in [-0.15, -0.1) is 0 Å². The fourth-order valence-corrected chi connectivity index (χ4v) is 2.85. The molecule has 1 nitrogen and oxygen atoms in total. The molecule has 0 N–H and O–H groups in total. The maximum absolute atomic E-state index is 13.4. The lowest BCUT2D eigenvalue weighted by Crippen LogP contribution is -2.33. The van der Waals surface area contributed by atoms with Crippen molar-refractivity contribution in [3.05, 3.63) is 34.1 Å². The van der Waals surface area contributed by atoms with Gasteiger partial charge in [0.05, 0.1) is 4.47 Å². The second-order valence-electron chi connectivity index (χ2n) is 4.84. The second kappa shape index (κ2) is 5.96. The molecule has 94 valence electrons. The smallest absolute Gasteiger partial charge is 0.137 e. The lowest BCUT2D eigenvalue weighted by Gasteiger charge is -2.31. The van der Waals surface area contributed by atoms with E-state index in [9.17, 15) is 4.39 Å². The summed E-state index contributed by atoms with van der Waals surface area (Å²) in [6.45, 7) is 5.40. The normalized spacial score (nSPS) is 18.5. The minimum atomic E-state index is -0.161. The van der Waals surface area contributed by atoms with E-state index in [1.807, 2.05) is 6.07 Å². The standard InChI is InChI=1S/C14H19BrFN/c1-2-11-6-8-17(9-7-11)10-12-4-3-5-13(16)14(12)15/h3-5,11H,2,6-10H2,1H3. The van der Waals surface area contributed by atoms with Crippen LogP contribution in [0.25, 0.3) is 0 Å².